The predicted octanol–water partition coefficient (Wildman–Crippen LogP) is 3.96. The van der Waals surface area contributed by atoms with Crippen LogP contribution in [0, 0.1) is 5.92 Å². The minimum absolute atomic E-state index is 0.0404. The van der Waals surface area contributed by atoms with Crippen molar-refractivity contribution in [2.45, 2.75) is 19.9 Å². The Hall–Kier alpha value is -5.03. The number of nitrogens with zero attached hydrogens (tertiary/aromatic N) is 3. The highest BCUT2D eigenvalue weighted by atomic mass is 32.2. The van der Waals surface area contributed by atoms with Gasteiger partial charge in [0.2, 0.25) is 11.8 Å². The summed E-state index contributed by atoms with van der Waals surface area (Å²) in [4.78, 5) is 39.8. The number of carbonyl (C=O) groups excluding carboxylic acids is 2. The summed E-state index contributed by atoms with van der Waals surface area (Å²) in [5.74, 6) is -4.17. The zero-order chi connectivity index (χ0) is 30.1. The van der Waals surface area contributed by atoms with E-state index in [4.69, 9.17) is 0 Å². The third kappa shape index (κ3) is 8.01. The van der Waals surface area contributed by atoms with E-state index in [-0.39, 0.29) is 18.5 Å². The van der Waals surface area contributed by atoms with Crippen molar-refractivity contribution in [2.75, 3.05) is 11.4 Å². The number of anilines is 1. The first kappa shape index (κ1) is 29.9. The summed E-state index contributed by atoms with van der Waals surface area (Å²) in [5, 5.41) is 14.4. The topological polar surface area (TPSA) is 139 Å². The molecular weight excluding hydrogens is 556 g/mol. The standard InChI is InChI=1S/C31H30N4O6S/c1-2-35(27-15-13-26(14-16-27)31(38)39)30(37)28(19-25-20-32-34(22-25)21-24-11-7-4-8-12-24)29(36)33-42(40,41)18-17-23-9-5-3-6-10-23/h3-18,20,22,28H,2,19,21H2,1H3,(H,33,36)(H,38,39). The number of amides is 2. The molecule has 11 heteroatoms. The molecule has 4 rings (SSSR count). The number of sulfonamides is 1. The summed E-state index contributed by atoms with van der Waals surface area (Å²) in [6.07, 6.45) is 4.49. The van der Waals surface area contributed by atoms with Crippen LogP contribution in [0.4, 0.5) is 5.69 Å². The van der Waals surface area contributed by atoms with E-state index in [0.29, 0.717) is 23.4 Å². The fraction of sp³-hybridized carbons (Fsp3) is 0.161. The van der Waals surface area contributed by atoms with E-state index < -0.39 is 33.7 Å². The molecule has 0 aliphatic rings. The molecule has 1 unspecified atom stereocenters. The summed E-state index contributed by atoms with van der Waals surface area (Å²) in [5.41, 5.74) is 2.61. The number of benzene rings is 3. The van der Waals surface area contributed by atoms with Crippen molar-refractivity contribution < 1.29 is 27.9 Å². The monoisotopic (exact) mass is 586 g/mol. The molecular formula is C31H30N4O6S. The number of aromatic nitrogens is 2. The lowest BCUT2D eigenvalue weighted by molar-refractivity contribution is -0.132. The van der Waals surface area contributed by atoms with E-state index in [1.54, 1.807) is 48.1 Å². The Morgan fingerprint density at radius 3 is 2.21 bits per heavy atom. The van der Waals surface area contributed by atoms with E-state index in [0.717, 1.165) is 11.0 Å². The molecule has 0 bridgehead atoms. The van der Waals surface area contributed by atoms with Crippen LogP contribution in [0.5, 0.6) is 0 Å². The van der Waals surface area contributed by atoms with Gasteiger partial charge in [0.25, 0.3) is 10.0 Å². The second-order valence-corrected chi connectivity index (χ2v) is 11.0. The predicted molar refractivity (Wildman–Crippen MR) is 159 cm³/mol. The molecule has 0 aliphatic heterocycles. The zero-order valence-corrected chi connectivity index (χ0v) is 23.6. The van der Waals surface area contributed by atoms with Crippen LogP contribution < -0.4 is 9.62 Å². The molecule has 2 amide bonds. The highest BCUT2D eigenvalue weighted by Crippen LogP contribution is 2.21. The molecule has 4 aromatic rings. The zero-order valence-electron chi connectivity index (χ0n) is 22.8. The molecule has 0 saturated heterocycles. The highest BCUT2D eigenvalue weighted by Gasteiger charge is 2.33. The first-order valence-corrected chi connectivity index (χ1v) is 14.7. The molecule has 0 radical (unpaired) electrons. The summed E-state index contributed by atoms with van der Waals surface area (Å²) >= 11 is 0. The summed E-state index contributed by atoms with van der Waals surface area (Å²) in [6.45, 7) is 2.33. The van der Waals surface area contributed by atoms with Crippen LogP contribution in [0.25, 0.3) is 6.08 Å². The quantitative estimate of drug-likeness (QED) is 0.240. The van der Waals surface area contributed by atoms with Crippen LogP contribution in [0.15, 0.2) is 103 Å². The van der Waals surface area contributed by atoms with E-state index in [1.165, 1.54) is 41.4 Å². The van der Waals surface area contributed by atoms with Gasteiger partial charge in [0.1, 0.15) is 5.92 Å². The number of carboxylic acid groups (broad SMARTS) is 1. The Kier molecular flexibility index (Phi) is 9.66. The number of carbonyl (C=O) groups is 3. The average Bonchev–Trinajstić information content (AvgIpc) is 3.43. The molecule has 42 heavy (non-hydrogen) atoms. The van der Waals surface area contributed by atoms with E-state index in [9.17, 15) is 27.9 Å². The number of hydrogen-bond acceptors (Lipinski definition) is 6. The van der Waals surface area contributed by atoms with Crippen molar-refractivity contribution in [3.8, 4) is 0 Å². The van der Waals surface area contributed by atoms with Crippen LogP contribution in [0.1, 0.15) is 34.0 Å². The largest absolute Gasteiger partial charge is 0.478 e. The van der Waals surface area contributed by atoms with Gasteiger partial charge in [0.05, 0.1) is 23.7 Å². The number of hydrogen-bond donors (Lipinski definition) is 2. The molecule has 3 aromatic carbocycles. The third-order valence-corrected chi connectivity index (χ3v) is 7.40. The lowest BCUT2D eigenvalue weighted by atomic mass is 9.98. The van der Waals surface area contributed by atoms with E-state index in [1.807, 2.05) is 35.1 Å². The van der Waals surface area contributed by atoms with Gasteiger partial charge < -0.3 is 10.0 Å². The summed E-state index contributed by atoms with van der Waals surface area (Å²) < 4.78 is 29.3. The van der Waals surface area contributed by atoms with E-state index in [2.05, 4.69) is 5.10 Å². The van der Waals surface area contributed by atoms with Crippen molar-refractivity contribution in [3.63, 3.8) is 0 Å². The van der Waals surface area contributed by atoms with Crippen LogP contribution in [0.3, 0.4) is 0 Å². The first-order valence-electron chi connectivity index (χ1n) is 13.1. The number of aromatic carboxylic acids is 1. The van der Waals surface area contributed by atoms with Crippen molar-refractivity contribution in [3.05, 3.63) is 125 Å². The van der Waals surface area contributed by atoms with Gasteiger partial charge in [0, 0.05) is 18.4 Å². The maximum Gasteiger partial charge on any atom is 0.335 e. The van der Waals surface area contributed by atoms with Gasteiger partial charge in [-0.05, 0) is 60.4 Å². The molecule has 2 N–H and O–H groups in total. The third-order valence-electron chi connectivity index (χ3n) is 6.42. The maximum atomic E-state index is 13.8. The maximum absolute atomic E-state index is 13.8. The molecule has 0 aliphatic carbocycles. The lowest BCUT2D eigenvalue weighted by Crippen LogP contribution is -2.46. The van der Waals surface area contributed by atoms with Gasteiger partial charge in [-0.15, -0.1) is 0 Å². The van der Waals surface area contributed by atoms with Gasteiger partial charge >= 0.3 is 5.97 Å². The van der Waals surface area contributed by atoms with Crippen LogP contribution in [-0.4, -0.2) is 47.6 Å². The van der Waals surface area contributed by atoms with Gasteiger partial charge in [-0.3, -0.25) is 14.3 Å². The van der Waals surface area contributed by atoms with Crippen molar-refractivity contribution in [1.29, 1.82) is 0 Å². The smallest absolute Gasteiger partial charge is 0.335 e. The van der Waals surface area contributed by atoms with Crippen molar-refractivity contribution >= 4 is 39.6 Å². The number of nitrogens with one attached hydrogen (secondary N) is 1. The second kappa shape index (κ2) is 13.6. The molecule has 0 fully saturated rings. The minimum Gasteiger partial charge on any atom is -0.478 e. The van der Waals surface area contributed by atoms with Crippen molar-refractivity contribution in [1.82, 2.24) is 14.5 Å². The molecule has 10 nitrogen and oxygen atoms in total. The number of rotatable bonds is 12. The van der Waals surface area contributed by atoms with Gasteiger partial charge in [-0.2, -0.15) is 5.10 Å². The highest BCUT2D eigenvalue weighted by molar-refractivity contribution is 7.93. The fourth-order valence-corrected chi connectivity index (χ4v) is 5.14. The Morgan fingerprint density at radius 1 is 0.952 bits per heavy atom. The molecule has 216 valence electrons. The molecule has 0 saturated carbocycles. The second-order valence-electron chi connectivity index (χ2n) is 9.45. The van der Waals surface area contributed by atoms with Crippen molar-refractivity contribution in [2.24, 2.45) is 5.92 Å². The Labute approximate surface area is 244 Å². The molecule has 1 aromatic heterocycles. The van der Waals surface area contributed by atoms with Crippen LogP contribution >= 0.6 is 0 Å². The summed E-state index contributed by atoms with van der Waals surface area (Å²) in [7, 11) is -4.23. The van der Waals surface area contributed by atoms with E-state index >= 15 is 0 Å². The van der Waals surface area contributed by atoms with Gasteiger partial charge in [-0.25, -0.2) is 17.9 Å². The lowest BCUT2D eigenvalue weighted by Gasteiger charge is -2.26. The Balaban J connectivity index is 1.60. The molecule has 1 atom stereocenters. The normalized spacial score (nSPS) is 12.1. The first-order chi connectivity index (χ1) is 20.1. The van der Waals surface area contributed by atoms with Gasteiger partial charge in [-0.1, -0.05) is 60.7 Å². The Bertz CT molecular complexity index is 1670. The summed E-state index contributed by atoms with van der Waals surface area (Å²) in [6, 6.07) is 24.0. The van der Waals surface area contributed by atoms with Crippen LogP contribution in [-0.2, 0) is 32.6 Å². The number of carboxylic acids is 1. The average molecular weight is 587 g/mol. The SMILES string of the molecule is CCN(C(=O)C(Cc1cnn(Cc2ccccc2)c1)C(=O)NS(=O)(=O)C=Cc1ccccc1)c1ccc(C(=O)O)cc1. The minimum atomic E-state index is -4.23. The van der Waals surface area contributed by atoms with Gasteiger partial charge in [0.15, 0.2) is 0 Å². The van der Waals surface area contributed by atoms with Crippen LogP contribution in [0.2, 0.25) is 0 Å². The molecule has 1 heterocycles. The Morgan fingerprint density at radius 2 is 1.60 bits per heavy atom. The fourth-order valence-electron chi connectivity index (χ4n) is 4.31. The molecule has 0 spiro atoms.